The second kappa shape index (κ2) is 5.43. The van der Waals surface area contributed by atoms with Gasteiger partial charge in [-0.25, -0.2) is 13.2 Å². The summed E-state index contributed by atoms with van der Waals surface area (Å²) in [4.78, 5) is 10.5. The number of aromatic carboxylic acids is 1. The third-order valence-electron chi connectivity index (χ3n) is 2.54. The Morgan fingerprint density at radius 1 is 1.50 bits per heavy atom. The minimum absolute atomic E-state index is 0.0961. The van der Waals surface area contributed by atoms with E-state index in [9.17, 15) is 13.2 Å². The number of carbonyl (C=O) groups is 1. The fourth-order valence-corrected chi connectivity index (χ4v) is 3.58. The van der Waals surface area contributed by atoms with Crippen LogP contribution in [0.15, 0.2) is 43.1 Å². The molecule has 0 spiro atoms. The first-order valence-electron chi connectivity index (χ1n) is 5.32. The quantitative estimate of drug-likeness (QED) is 0.873. The summed E-state index contributed by atoms with van der Waals surface area (Å²) < 4.78 is 35.3. The predicted molar refractivity (Wildman–Crippen MR) is 70.7 cm³/mol. The Balaban J connectivity index is 2.32. The van der Waals surface area contributed by atoms with E-state index in [-0.39, 0.29) is 16.1 Å². The van der Waals surface area contributed by atoms with Crippen LogP contribution in [0.25, 0.3) is 0 Å². The van der Waals surface area contributed by atoms with Crippen molar-refractivity contribution < 1.29 is 27.2 Å². The maximum Gasteiger partial charge on any atom is 0.371 e. The van der Waals surface area contributed by atoms with Gasteiger partial charge in [0.05, 0.1) is 12.5 Å². The number of carboxylic acid groups (broad SMARTS) is 1. The second-order valence-electron chi connectivity index (χ2n) is 3.95. The zero-order valence-electron chi connectivity index (χ0n) is 10.2. The van der Waals surface area contributed by atoms with Crippen molar-refractivity contribution in [2.75, 3.05) is 7.05 Å². The molecule has 0 unspecified atom stereocenters. The lowest BCUT2D eigenvalue weighted by Crippen LogP contribution is -2.26. The van der Waals surface area contributed by atoms with Crippen LogP contribution in [0.2, 0.25) is 0 Å². The molecule has 2 aromatic heterocycles. The average molecular weight is 364 g/mol. The van der Waals surface area contributed by atoms with Crippen LogP contribution in [-0.2, 0) is 16.6 Å². The van der Waals surface area contributed by atoms with Gasteiger partial charge >= 0.3 is 5.97 Å². The van der Waals surface area contributed by atoms with E-state index in [0.717, 1.165) is 10.4 Å². The van der Waals surface area contributed by atoms with Gasteiger partial charge < -0.3 is 13.9 Å². The molecule has 0 atom stereocenters. The van der Waals surface area contributed by atoms with Crippen LogP contribution in [-0.4, -0.2) is 30.8 Å². The Morgan fingerprint density at radius 2 is 2.20 bits per heavy atom. The summed E-state index contributed by atoms with van der Waals surface area (Å²) in [6, 6.07) is 2.60. The molecular weight excluding hydrogens is 354 g/mol. The molecule has 20 heavy (non-hydrogen) atoms. The lowest BCUT2D eigenvalue weighted by atomic mass is 10.3. The molecule has 0 saturated carbocycles. The van der Waals surface area contributed by atoms with Crippen molar-refractivity contribution in [1.29, 1.82) is 0 Å². The van der Waals surface area contributed by atoms with Crippen molar-refractivity contribution >= 4 is 31.9 Å². The highest BCUT2D eigenvalue weighted by molar-refractivity contribution is 9.10. The minimum atomic E-state index is -3.87. The predicted octanol–water partition coefficient (Wildman–Crippen LogP) is 2.15. The third-order valence-corrected chi connectivity index (χ3v) is 5.20. The number of hydrogen-bond donors (Lipinski definition) is 1. The summed E-state index contributed by atoms with van der Waals surface area (Å²) in [7, 11) is -2.49. The molecule has 2 rings (SSSR count). The van der Waals surface area contributed by atoms with Crippen LogP contribution in [0, 0.1) is 0 Å². The van der Waals surface area contributed by atoms with Gasteiger partial charge in [0, 0.05) is 25.2 Å². The Hall–Kier alpha value is -1.58. The van der Waals surface area contributed by atoms with Crippen LogP contribution in [0.1, 0.15) is 16.1 Å². The molecule has 2 heterocycles. The number of hydrogen-bond acceptors (Lipinski definition) is 5. The first kappa shape index (κ1) is 14.8. The summed E-state index contributed by atoms with van der Waals surface area (Å²) >= 11 is 2.91. The van der Waals surface area contributed by atoms with Gasteiger partial charge in [0.25, 0.3) is 0 Å². The van der Waals surface area contributed by atoms with Gasteiger partial charge in [-0.2, -0.15) is 4.31 Å². The molecule has 0 fully saturated rings. The van der Waals surface area contributed by atoms with Crippen molar-refractivity contribution in [2.45, 2.75) is 11.4 Å². The SMILES string of the molecule is CN(Cc1ccoc1)S(=O)(=O)c1cc(C(=O)O)oc1Br. The van der Waals surface area contributed by atoms with E-state index in [1.807, 2.05) is 0 Å². The zero-order chi connectivity index (χ0) is 14.9. The van der Waals surface area contributed by atoms with Gasteiger partial charge in [0.15, 0.2) is 4.67 Å². The van der Waals surface area contributed by atoms with E-state index >= 15 is 0 Å². The summed E-state index contributed by atoms with van der Waals surface area (Å²) in [5.41, 5.74) is 0.675. The standard InChI is InChI=1S/C11H10BrNO6S/c1-13(5-7-2-3-18-6-7)20(16,17)9-4-8(11(14)15)19-10(9)12/h2-4,6H,5H2,1H3,(H,14,15). The number of carboxylic acids is 1. The Kier molecular flexibility index (Phi) is 4.02. The van der Waals surface area contributed by atoms with Gasteiger partial charge in [-0.15, -0.1) is 0 Å². The topological polar surface area (TPSA) is 101 Å². The molecule has 9 heteroatoms. The molecule has 0 bridgehead atoms. The van der Waals surface area contributed by atoms with Crippen LogP contribution < -0.4 is 0 Å². The van der Waals surface area contributed by atoms with Gasteiger partial charge in [0.2, 0.25) is 15.8 Å². The summed E-state index contributed by atoms with van der Waals surface area (Å²) in [6.07, 6.45) is 2.87. The highest BCUT2D eigenvalue weighted by atomic mass is 79.9. The summed E-state index contributed by atoms with van der Waals surface area (Å²) in [6.45, 7) is 0.0961. The lowest BCUT2D eigenvalue weighted by molar-refractivity contribution is 0.0661. The molecule has 0 aliphatic rings. The van der Waals surface area contributed by atoms with Gasteiger partial charge in [-0.1, -0.05) is 0 Å². The third kappa shape index (κ3) is 2.79. The number of rotatable bonds is 5. The average Bonchev–Trinajstić information content (AvgIpc) is 2.98. The van der Waals surface area contributed by atoms with Crippen molar-refractivity contribution in [3.8, 4) is 0 Å². The Bertz CT molecular complexity index is 718. The largest absolute Gasteiger partial charge is 0.475 e. The van der Waals surface area contributed by atoms with E-state index in [1.165, 1.54) is 19.6 Å². The van der Waals surface area contributed by atoms with E-state index in [0.29, 0.717) is 5.56 Å². The number of nitrogens with zero attached hydrogens (tertiary/aromatic N) is 1. The summed E-state index contributed by atoms with van der Waals surface area (Å²) in [5, 5.41) is 8.80. The van der Waals surface area contributed by atoms with E-state index < -0.39 is 21.8 Å². The second-order valence-corrected chi connectivity index (χ2v) is 6.68. The maximum absolute atomic E-state index is 12.3. The van der Waals surface area contributed by atoms with Crippen LogP contribution in [0.3, 0.4) is 0 Å². The number of halogens is 1. The van der Waals surface area contributed by atoms with Gasteiger partial charge in [-0.05, 0) is 22.0 Å². The smallest absolute Gasteiger partial charge is 0.371 e. The highest BCUT2D eigenvalue weighted by Gasteiger charge is 2.28. The van der Waals surface area contributed by atoms with Crippen molar-refractivity contribution in [3.05, 3.63) is 40.7 Å². The van der Waals surface area contributed by atoms with Crippen molar-refractivity contribution in [3.63, 3.8) is 0 Å². The first-order chi connectivity index (χ1) is 9.32. The van der Waals surface area contributed by atoms with E-state index in [4.69, 9.17) is 13.9 Å². The normalized spacial score (nSPS) is 11.9. The molecule has 1 N–H and O–H groups in total. The molecule has 0 aliphatic carbocycles. The molecule has 0 aliphatic heterocycles. The molecular formula is C11H10BrNO6S. The fraction of sp³-hybridized carbons (Fsp3) is 0.182. The molecule has 0 aromatic carbocycles. The van der Waals surface area contributed by atoms with Gasteiger partial charge in [0.1, 0.15) is 4.90 Å². The number of sulfonamides is 1. The maximum atomic E-state index is 12.3. The monoisotopic (exact) mass is 363 g/mol. The van der Waals surface area contributed by atoms with E-state index in [2.05, 4.69) is 15.9 Å². The lowest BCUT2D eigenvalue weighted by Gasteiger charge is -2.15. The Morgan fingerprint density at radius 3 is 2.70 bits per heavy atom. The molecule has 7 nitrogen and oxygen atoms in total. The van der Waals surface area contributed by atoms with Crippen molar-refractivity contribution in [2.24, 2.45) is 0 Å². The fourth-order valence-electron chi connectivity index (χ4n) is 1.53. The highest BCUT2D eigenvalue weighted by Crippen LogP contribution is 2.29. The van der Waals surface area contributed by atoms with Crippen LogP contribution in [0.4, 0.5) is 0 Å². The number of furan rings is 2. The zero-order valence-corrected chi connectivity index (χ0v) is 12.6. The van der Waals surface area contributed by atoms with Crippen LogP contribution in [0.5, 0.6) is 0 Å². The van der Waals surface area contributed by atoms with Crippen LogP contribution >= 0.6 is 15.9 Å². The molecule has 2 aromatic rings. The molecule has 0 saturated heterocycles. The van der Waals surface area contributed by atoms with E-state index in [1.54, 1.807) is 6.07 Å². The Labute approximate surface area is 123 Å². The minimum Gasteiger partial charge on any atom is -0.475 e. The molecule has 0 radical (unpaired) electrons. The molecule has 108 valence electrons. The summed E-state index contributed by atoms with van der Waals surface area (Å²) in [5.74, 6) is -1.79. The first-order valence-corrected chi connectivity index (χ1v) is 7.55. The molecule has 0 amide bonds. The van der Waals surface area contributed by atoms with Crippen molar-refractivity contribution in [1.82, 2.24) is 4.31 Å². The van der Waals surface area contributed by atoms with Gasteiger partial charge in [-0.3, -0.25) is 0 Å².